The van der Waals surface area contributed by atoms with Gasteiger partial charge in [-0.1, -0.05) is 36.4 Å². The van der Waals surface area contributed by atoms with E-state index >= 15 is 0 Å². The van der Waals surface area contributed by atoms with Crippen LogP contribution >= 0.6 is 0 Å². The van der Waals surface area contributed by atoms with Crippen molar-refractivity contribution >= 4 is 21.7 Å². The maximum Gasteiger partial charge on any atom is 0.254 e. The molecule has 1 N–H and O–H groups in total. The molecule has 2 amide bonds. The van der Waals surface area contributed by atoms with Gasteiger partial charge in [0, 0.05) is 24.9 Å². The molecule has 7 heteroatoms. The van der Waals surface area contributed by atoms with Gasteiger partial charge < -0.3 is 10.2 Å². The van der Waals surface area contributed by atoms with Crippen molar-refractivity contribution in [2.75, 3.05) is 19.3 Å². The lowest BCUT2D eigenvalue weighted by Crippen LogP contribution is -2.36. The monoisotopic (exact) mass is 372 g/mol. The van der Waals surface area contributed by atoms with E-state index < -0.39 is 15.9 Å². The normalized spacial score (nSPS) is 18.1. The molecule has 0 unspecified atom stereocenters. The van der Waals surface area contributed by atoms with Crippen molar-refractivity contribution in [2.24, 2.45) is 0 Å². The van der Waals surface area contributed by atoms with Crippen LogP contribution in [0.15, 0.2) is 59.5 Å². The fraction of sp³-hybridized carbons (Fsp3) is 0.263. The van der Waals surface area contributed by atoms with Gasteiger partial charge in [0.2, 0.25) is 5.91 Å². The average molecular weight is 372 g/mol. The fourth-order valence-corrected chi connectivity index (χ4v) is 3.74. The zero-order valence-electron chi connectivity index (χ0n) is 14.4. The number of carbonyl (C=O) groups excluding carboxylic acids is 2. The Hall–Kier alpha value is -2.67. The van der Waals surface area contributed by atoms with Crippen LogP contribution in [-0.2, 0) is 14.6 Å². The van der Waals surface area contributed by atoms with E-state index in [0.29, 0.717) is 18.7 Å². The average Bonchev–Trinajstić information content (AvgIpc) is 2.83. The molecule has 0 spiro atoms. The number of hydrogen-bond donors (Lipinski definition) is 1. The Labute approximate surface area is 152 Å². The van der Waals surface area contributed by atoms with Gasteiger partial charge in [0.15, 0.2) is 9.84 Å². The number of carbonyl (C=O) groups is 2. The molecule has 2 aromatic rings. The first-order valence-electron chi connectivity index (χ1n) is 8.29. The molecule has 1 saturated heterocycles. The van der Waals surface area contributed by atoms with Crippen LogP contribution in [0.1, 0.15) is 28.4 Å². The summed E-state index contributed by atoms with van der Waals surface area (Å²) in [6.07, 6.45) is 1.28. The highest BCUT2D eigenvalue weighted by Gasteiger charge is 2.30. The molecule has 0 bridgehead atoms. The lowest BCUT2D eigenvalue weighted by Gasteiger charge is -2.29. The molecule has 1 fully saturated rings. The second-order valence-corrected chi connectivity index (χ2v) is 8.29. The molecule has 0 radical (unpaired) electrons. The minimum Gasteiger partial charge on any atom is -0.354 e. The van der Waals surface area contributed by atoms with E-state index in [2.05, 4.69) is 5.32 Å². The number of amides is 2. The van der Waals surface area contributed by atoms with Gasteiger partial charge in [0.25, 0.3) is 5.91 Å². The topological polar surface area (TPSA) is 83.6 Å². The quantitative estimate of drug-likeness (QED) is 0.890. The summed E-state index contributed by atoms with van der Waals surface area (Å²) >= 11 is 0. The highest BCUT2D eigenvalue weighted by molar-refractivity contribution is 7.90. The van der Waals surface area contributed by atoms with Gasteiger partial charge in [0.05, 0.1) is 17.4 Å². The summed E-state index contributed by atoms with van der Waals surface area (Å²) < 4.78 is 23.6. The Morgan fingerprint density at radius 3 is 2.54 bits per heavy atom. The van der Waals surface area contributed by atoms with Gasteiger partial charge >= 0.3 is 0 Å². The smallest absolute Gasteiger partial charge is 0.254 e. The summed E-state index contributed by atoms with van der Waals surface area (Å²) in [5.74, 6) is -0.403. The second kappa shape index (κ2) is 7.29. The number of hydrogen-bond acceptors (Lipinski definition) is 4. The molecule has 6 nitrogen and oxygen atoms in total. The third kappa shape index (κ3) is 3.94. The molecule has 0 aromatic heterocycles. The van der Waals surface area contributed by atoms with Gasteiger partial charge in [-0.25, -0.2) is 8.42 Å². The fourth-order valence-electron chi connectivity index (χ4n) is 3.07. The number of sulfone groups is 1. The second-order valence-electron chi connectivity index (χ2n) is 6.28. The van der Waals surface area contributed by atoms with Crippen LogP contribution in [0.3, 0.4) is 0 Å². The zero-order valence-corrected chi connectivity index (χ0v) is 15.2. The largest absolute Gasteiger partial charge is 0.354 e. The molecule has 1 heterocycles. The van der Waals surface area contributed by atoms with Crippen LogP contribution in [0.2, 0.25) is 0 Å². The van der Waals surface area contributed by atoms with Crippen molar-refractivity contribution in [3.05, 3.63) is 65.7 Å². The maximum atomic E-state index is 13.1. The van der Waals surface area contributed by atoms with E-state index in [4.69, 9.17) is 0 Å². The summed E-state index contributed by atoms with van der Waals surface area (Å²) in [6, 6.07) is 15.0. The van der Waals surface area contributed by atoms with Crippen molar-refractivity contribution in [1.82, 2.24) is 10.2 Å². The third-order valence-electron chi connectivity index (χ3n) is 4.38. The predicted octanol–water partition coefficient (Wildman–Crippen LogP) is 1.79. The van der Waals surface area contributed by atoms with E-state index in [0.717, 1.165) is 11.8 Å². The maximum absolute atomic E-state index is 13.1. The Morgan fingerprint density at radius 2 is 1.85 bits per heavy atom. The van der Waals surface area contributed by atoms with E-state index in [-0.39, 0.29) is 23.1 Å². The number of benzene rings is 2. The minimum absolute atomic E-state index is 0.101. The van der Waals surface area contributed by atoms with Gasteiger partial charge in [-0.2, -0.15) is 0 Å². The predicted molar refractivity (Wildman–Crippen MR) is 97.4 cm³/mol. The molecule has 0 saturated carbocycles. The number of nitrogens with one attached hydrogen (secondary N) is 1. The molecule has 1 aliphatic rings. The van der Waals surface area contributed by atoms with Gasteiger partial charge in [0.1, 0.15) is 0 Å². The Bertz CT molecular complexity index is 926. The SMILES string of the molecule is CS(=O)(=O)c1cccc(C(=O)N2CCNC(=O)C[C@H]2c2ccccc2)c1. The lowest BCUT2D eigenvalue weighted by molar-refractivity contribution is -0.121. The van der Waals surface area contributed by atoms with Crippen LogP contribution in [0.4, 0.5) is 0 Å². The summed E-state index contributed by atoms with van der Waals surface area (Å²) in [7, 11) is -3.41. The summed E-state index contributed by atoms with van der Waals surface area (Å²) in [5, 5.41) is 2.79. The Kier molecular flexibility index (Phi) is 5.08. The lowest BCUT2D eigenvalue weighted by atomic mass is 10.0. The third-order valence-corrected chi connectivity index (χ3v) is 5.49. The highest BCUT2D eigenvalue weighted by atomic mass is 32.2. The molecule has 3 rings (SSSR count). The van der Waals surface area contributed by atoms with Crippen molar-refractivity contribution in [3.63, 3.8) is 0 Å². The van der Waals surface area contributed by atoms with Crippen LogP contribution in [0.5, 0.6) is 0 Å². The molecular formula is C19H20N2O4S. The van der Waals surface area contributed by atoms with Crippen molar-refractivity contribution in [3.8, 4) is 0 Å². The van der Waals surface area contributed by atoms with Gasteiger partial charge in [-0.3, -0.25) is 9.59 Å². The van der Waals surface area contributed by atoms with E-state index in [9.17, 15) is 18.0 Å². The van der Waals surface area contributed by atoms with E-state index in [1.54, 1.807) is 17.0 Å². The summed E-state index contributed by atoms with van der Waals surface area (Å²) in [5.41, 5.74) is 1.17. The number of nitrogens with zero attached hydrogens (tertiary/aromatic N) is 1. The van der Waals surface area contributed by atoms with Crippen LogP contribution < -0.4 is 5.32 Å². The summed E-state index contributed by atoms with van der Waals surface area (Å²) in [4.78, 5) is 26.9. The molecule has 26 heavy (non-hydrogen) atoms. The highest BCUT2D eigenvalue weighted by Crippen LogP contribution is 2.27. The van der Waals surface area contributed by atoms with Crippen LogP contribution in [-0.4, -0.2) is 44.5 Å². The van der Waals surface area contributed by atoms with E-state index in [1.807, 2.05) is 30.3 Å². The molecule has 2 aromatic carbocycles. The summed E-state index contributed by atoms with van der Waals surface area (Å²) in [6.45, 7) is 0.715. The first kappa shape index (κ1) is 18.1. The standard InChI is InChI=1S/C19H20N2O4S/c1-26(24,25)16-9-5-8-15(12-16)19(23)21-11-10-20-18(22)13-17(21)14-6-3-2-4-7-14/h2-9,12,17H,10-11,13H2,1H3,(H,20,22)/t17-/m0/s1. The number of rotatable bonds is 3. The molecule has 1 atom stereocenters. The van der Waals surface area contributed by atoms with Crippen molar-refractivity contribution < 1.29 is 18.0 Å². The van der Waals surface area contributed by atoms with Gasteiger partial charge in [-0.05, 0) is 23.8 Å². The molecule has 136 valence electrons. The van der Waals surface area contributed by atoms with Gasteiger partial charge in [-0.15, -0.1) is 0 Å². The molecular weight excluding hydrogens is 352 g/mol. The van der Waals surface area contributed by atoms with Crippen molar-refractivity contribution in [1.29, 1.82) is 0 Å². The first-order chi connectivity index (χ1) is 12.4. The first-order valence-corrected chi connectivity index (χ1v) is 10.2. The van der Waals surface area contributed by atoms with Crippen LogP contribution in [0.25, 0.3) is 0 Å². The Balaban J connectivity index is 1.99. The van der Waals surface area contributed by atoms with E-state index in [1.165, 1.54) is 12.1 Å². The molecule has 1 aliphatic heterocycles. The van der Waals surface area contributed by atoms with Crippen molar-refractivity contribution in [2.45, 2.75) is 17.4 Å². The zero-order chi connectivity index (χ0) is 18.7. The Morgan fingerprint density at radius 1 is 1.12 bits per heavy atom. The molecule has 0 aliphatic carbocycles. The van der Waals surface area contributed by atoms with Crippen LogP contribution in [0, 0.1) is 0 Å². The minimum atomic E-state index is -3.41.